The number of H-pyrrole nitrogens is 1. The Labute approximate surface area is 201 Å². The van der Waals surface area contributed by atoms with Crippen LogP contribution in [0.2, 0.25) is 0 Å². The molecule has 0 atom stereocenters. The van der Waals surface area contributed by atoms with Crippen molar-refractivity contribution >= 4 is 44.7 Å². The number of aromatic nitrogens is 5. The van der Waals surface area contributed by atoms with Crippen LogP contribution < -0.4 is 10.3 Å². The summed E-state index contributed by atoms with van der Waals surface area (Å²) in [4.78, 5) is 22.6. The highest BCUT2D eigenvalue weighted by Gasteiger charge is 2.30. The summed E-state index contributed by atoms with van der Waals surface area (Å²) >= 11 is 4.68. The van der Waals surface area contributed by atoms with Crippen molar-refractivity contribution in [1.82, 2.24) is 24.7 Å². The highest BCUT2D eigenvalue weighted by Crippen LogP contribution is 2.42. The van der Waals surface area contributed by atoms with E-state index in [1.54, 1.807) is 30.2 Å². The Morgan fingerprint density at radius 2 is 2.03 bits per heavy atom. The van der Waals surface area contributed by atoms with Crippen molar-refractivity contribution in [2.24, 2.45) is 0 Å². The molecule has 10 heteroatoms. The van der Waals surface area contributed by atoms with E-state index >= 15 is 0 Å². The van der Waals surface area contributed by atoms with Gasteiger partial charge in [0.15, 0.2) is 11.0 Å². The summed E-state index contributed by atoms with van der Waals surface area (Å²) in [5.74, 6) is 2.89. The van der Waals surface area contributed by atoms with Crippen LogP contribution in [0, 0.1) is 0 Å². The molecule has 0 unspecified atom stereocenters. The van der Waals surface area contributed by atoms with E-state index in [9.17, 15) is 4.79 Å². The number of thiophene rings is 2. The van der Waals surface area contributed by atoms with Crippen LogP contribution in [0.15, 0.2) is 57.8 Å². The molecule has 5 aromatic rings. The predicted molar refractivity (Wildman–Crippen MR) is 133 cm³/mol. The molecule has 1 aliphatic rings. The number of nitrogens with one attached hydrogen (secondary N) is 1. The Morgan fingerprint density at radius 3 is 2.76 bits per heavy atom. The summed E-state index contributed by atoms with van der Waals surface area (Å²) in [7, 11) is 1.65. The van der Waals surface area contributed by atoms with Gasteiger partial charge in [0.1, 0.15) is 16.3 Å². The average Bonchev–Trinajstić information content (AvgIpc) is 3.22. The summed E-state index contributed by atoms with van der Waals surface area (Å²) in [6.07, 6.45) is 2.29. The van der Waals surface area contributed by atoms with Gasteiger partial charge >= 0.3 is 0 Å². The maximum atomic E-state index is 12.8. The van der Waals surface area contributed by atoms with Gasteiger partial charge in [0.2, 0.25) is 0 Å². The molecule has 0 bridgehead atoms. The quantitative estimate of drug-likeness (QED) is 0.297. The molecule has 1 N–H and O–H groups in total. The number of benzene rings is 1. The molecule has 1 aliphatic carbocycles. The molecule has 0 saturated heterocycles. The fraction of sp³-hybridized carbons (Fsp3) is 0.217. The standard InChI is InChI=1S/C23H19N5O2S3/c1-30-15-8-4-13(5-9-15)18-11-16-20(33-18)22(29)25-19(24-16)12-32-23-27-26-21(17-3-2-10-31-17)28(23)14-6-7-14/h2-5,8-11,14H,6-7,12H2,1H3,(H,24,25,29). The maximum absolute atomic E-state index is 12.8. The lowest BCUT2D eigenvalue weighted by atomic mass is 10.2. The smallest absolute Gasteiger partial charge is 0.268 e. The Kier molecular flexibility index (Phi) is 5.28. The van der Waals surface area contributed by atoms with Gasteiger partial charge in [-0.15, -0.1) is 32.9 Å². The van der Waals surface area contributed by atoms with Crippen LogP contribution in [0.4, 0.5) is 0 Å². The third-order valence-electron chi connectivity index (χ3n) is 5.46. The molecule has 166 valence electrons. The lowest BCUT2D eigenvalue weighted by Gasteiger charge is -2.07. The molecule has 1 aromatic carbocycles. The van der Waals surface area contributed by atoms with E-state index < -0.39 is 0 Å². The molecule has 7 nitrogen and oxygen atoms in total. The van der Waals surface area contributed by atoms with Crippen LogP contribution >= 0.6 is 34.4 Å². The van der Waals surface area contributed by atoms with Gasteiger partial charge in [0.05, 0.1) is 23.3 Å². The summed E-state index contributed by atoms with van der Waals surface area (Å²) in [5.41, 5.74) is 1.64. The van der Waals surface area contributed by atoms with Crippen molar-refractivity contribution in [3.05, 3.63) is 64.0 Å². The van der Waals surface area contributed by atoms with Crippen molar-refractivity contribution in [2.75, 3.05) is 7.11 Å². The normalized spacial score (nSPS) is 13.6. The van der Waals surface area contributed by atoms with Gasteiger partial charge < -0.3 is 9.72 Å². The highest BCUT2D eigenvalue weighted by molar-refractivity contribution is 7.98. The van der Waals surface area contributed by atoms with Gasteiger partial charge in [-0.1, -0.05) is 17.8 Å². The largest absolute Gasteiger partial charge is 0.497 e. The number of nitrogens with zero attached hydrogens (tertiary/aromatic N) is 4. The van der Waals surface area contributed by atoms with Crippen LogP contribution in [0.5, 0.6) is 5.75 Å². The van der Waals surface area contributed by atoms with E-state index in [0.717, 1.165) is 44.9 Å². The minimum absolute atomic E-state index is 0.108. The summed E-state index contributed by atoms with van der Waals surface area (Å²) in [6, 6.07) is 14.4. The summed E-state index contributed by atoms with van der Waals surface area (Å²) in [5, 5.41) is 11.8. The van der Waals surface area contributed by atoms with Gasteiger partial charge in [0.25, 0.3) is 5.56 Å². The first kappa shape index (κ1) is 20.6. The topological polar surface area (TPSA) is 85.7 Å². The lowest BCUT2D eigenvalue weighted by molar-refractivity contribution is 0.415. The average molecular weight is 494 g/mol. The number of ether oxygens (including phenoxy) is 1. The zero-order valence-corrected chi connectivity index (χ0v) is 20.1. The number of thioether (sulfide) groups is 1. The fourth-order valence-electron chi connectivity index (χ4n) is 3.70. The number of aromatic amines is 1. The van der Waals surface area contributed by atoms with Gasteiger partial charge in [-0.3, -0.25) is 9.36 Å². The van der Waals surface area contributed by atoms with Crippen molar-refractivity contribution in [1.29, 1.82) is 0 Å². The second kappa shape index (κ2) is 8.44. The molecule has 4 aromatic heterocycles. The van der Waals surface area contributed by atoms with Crippen LogP contribution in [-0.4, -0.2) is 31.8 Å². The molecule has 0 amide bonds. The number of hydrogen-bond donors (Lipinski definition) is 1. The Bertz CT molecular complexity index is 1480. The van der Waals surface area contributed by atoms with Crippen LogP contribution in [0.1, 0.15) is 24.7 Å². The molecule has 6 rings (SSSR count). The maximum Gasteiger partial charge on any atom is 0.268 e. The van der Waals surface area contributed by atoms with Gasteiger partial charge in [-0.2, -0.15) is 0 Å². The van der Waals surface area contributed by atoms with Crippen LogP contribution in [-0.2, 0) is 5.75 Å². The Morgan fingerprint density at radius 1 is 1.18 bits per heavy atom. The van der Waals surface area contributed by atoms with Crippen molar-refractivity contribution in [3.8, 4) is 26.9 Å². The van der Waals surface area contributed by atoms with E-state index in [4.69, 9.17) is 9.72 Å². The molecule has 1 fully saturated rings. The molecule has 33 heavy (non-hydrogen) atoms. The number of fused-ring (bicyclic) bond motifs is 1. The Balaban J connectivity index is 1.27. The second-order valence-corrected chi connectivity index (χ2v) is 10.7. The van der Waals surface area contributed by atoms with Crippen molar-refractivity contribution in [2.45, 2.75) is 29.8 Å². The lowest BCUT2D eigenvalue weighted by Crippen LogP contribution is -2.09. The monoisotopic (exact) mass is 493 g/mol. The molecular formula is C23H19N5O2S3. The van der Waals surface area contributed by atoms with Gasteiger partial charge in [-0.25, -0.2) is 4.98 Å². The molecule has 0 aliphatic heterocycles. The molecule has 1 saturated carbocycles. The number of methoxy groups -OCH3 is 1. The second-order valence-electron chi connectivity index (χ2n) is 7.74. The van der Waals surface area contributed by atoms with Gasteiger partial charge in [0, 0.05) is 10.9 Å². The van der Waals surface area contributed by atoms with E-state index in [1.165, 1.54) is 11.3 Å². The fourth-order valence-corrected chi connectivity index (χ4v) is 6.28. The third kappa shape index (κ3) is 3.98. The van der Waals surface area contributed by atoms with E-state index in [-0.39, 0.29) is 5.56 Å². The summed E-state index contributed by atoms with van der Waals surface area (Å²) < 4.78 is 8.11. The molecular weight excluding hydrogens is 474 g/mol. The zero-order chi connectivity index (χ0) is 22.4. The van der Waals surface area contributed by atoms with E-state index in [1.807, 2.05) is 36.4 Å². The van der Waals surface area contributed by atoms with Crippen LogP contribution in [0.3, 0.4) is 0 Å². The van der Waals surface area contributed by atoms with E-state index in [2.05, 4.69) is 31.2 Å². The SMILES string of the molecule is COc1ccc(-c2cc3nc(CSc4nnc(-c5cccs5)n4C4CC4)[nH]c(=O)c3s2)cc1. The minimum atomic E-state index is -0.108. The van der Waals surface area contributed by atoms with Crippen molar-refractivity contribution < 1.29 is 4.74 Å². The zero-order valence-electron chi connectivity index (χ0n) is 17.6. The first-order valence-corrected chi connectivity index (χ1v) is 13.2. The molecule has 0 radical (unpaired) electrons. The number of hydrogen-bond acceptors (Lipinski definition) is 8. The molecule has 0 spiro atoms. The summed E-state index contributed by atoms with van der Waals surface area (Å²) in [6.45, 7) is 0. The van der Waals surface area contributed by atoms with Crippen LogP contribution in [0.25, 0.3) is 31.4 Å². The minimum Gasteiger partial charge on any atom is -0.497 e. The first-order chi connectivity index (χ1) is 16.2. The number of rotatable bonds is 7. The third-order valence-corrected chi connectivity index (χ3v) is 8.45. The highest BCUT2D eigenvalue weighted by atomic mass is 32.2. The van der Waals surface area contributed by atoms with E-state index in [0.29, 0.717) is 27.8 Å². The first-order valence-electron chi connectivity index (χ1n) is 10.5. The van der Waals surface area contributed by atoms with Crippen molar-refractivity contribution in [3.63, 3.8) is 0 Å². The van der Waals surface area contributed by atoms with Gasteiger partial charge in [-0.05, 0) is 60.2 Å². The molecule has 4 heterocycles. The predicted octanol–water partition coefficient (Wildman–Crippen LogP) is 5.61. The Hall–Kier alpha value is -2.95.